The molecule has 0 aliphatic carbocycles. The van der Waals surface area contributed by atoms with E-state index in [4.69, 9.17) is 0 Å². The lowest BCUT2D eigenvalue weighted by atomic mass is 10.2. The molecule has 0 unspecified atom stereocenters. The van der Waals surface area contributed by atoms with Crippen molar-refractivity contribution in [3.05, 3.63) is 24.0 Å². The van der Waals surface area contributed by atoms with Crippen LogP contribution in [-0.4, -0.2) is 4.57 Å². The molecule has 1 radical (unpaired) electrons. The molecule has 0 aliphatic rings. The molecular formula is C12H20N. The molecule has 0 aliphatic heterocycles. The quantitative estimate of drug-likeness (QED) is 0.629. The van der Waals surface area contributed by atoms with E-state index in [1.165, 1.54) is 37.7 Å². The van der Waals surface area contributed by atoms with Gasteiger partial charge in [0.15, 0.2) is 0 Å². The molecule has 13 heavy (non-hydrogen) atoms. The third kappa shape index (κ3) is 3.67. The molecule has 0 aromatic carbocycles. The van der Waals surface area contributed by atoms with Crippen LogP contribution in [0.1, 0.15) is 45.1 Å². The van der Waals surface area contributed by atoms with Gasteiger partial charge in [-0.3, -0.25) is 0 Å². The SMILES string of the molecule is CCCCc1[c]n(CCCC)cc1. The topological polar surface area (TPSA) is 4.93 Å². The minimum atomic E-state index is 1.13. The summed E-state index contributed by atoms with van der Waals surface area (Å²) in [5, 5.41) is 0. The number of unbranched alkanes of at least 4 members (excludes halogenated alkanes) is 2. The molecule has 73 valence electrons. The normalized spacial score (nSPS) is 10.6. The van der Waals surface area contributed by atoms with E-state index in [2.05, 4.69) is 36.9 Å². The van der Waals surface area contributed by atoms with E-state index in [0.717, 1.165) is 6.54 Å². The van der Waals surface area contributed by atoms with Crippen LogP contribution in [0.4, 0.5) is 0 Å². The van der Waals surface area contributed by atoms with Gasteiger partial charge in [-0.25, -0.2) is 0 Å². The number of aryl methyl sites for hydroxylation is 2. The van der Waals surface area contributed by atoms with Gasteiger partial charge in [-0.15, -0.1) is 0 Å². The first-order valence-corrected chi connectivity index (χ1v) is 5.44. The van der Waals surface area contributed by atoms with Crippen molar-refractivity contribution >= 4 is 0 Å². The number of hydrogen-bond donors (Lipinski definition) is 0. The van der Waals surface area contributed by atoms with Gasteiger partial charge in [-0.2, -0.15) is 0 Å². The van der Waals surface area contributed by atoms with Gasteiger partial charge in [0, 0.05) is 12.7 Å². The largest absolute Gasteiger partial charge is 0.346 e. The van der Waals surface area contributed by atoms with Gasteiger partial charge in [-0.1, -0.05) is 26.7 Å². The lowest BCUT2D eigenvalue weighted by Crippen LogP contribution is -1.93. The molecule has 0 saturated carbocycles. The smallest absolute Gasteiger partial charge is 0.0683 e. The minimum absolute atomic E-state index is 1.13. The Morgan fingerprint density at radius 1 is 1.23 bits per heavy atom. The molecule has 1 heteroatoms. The number of rotatable bonds is 6. The molecule has 0 saturated heterocycles. The Hall–Kier alpha value is -0.720. The van der Waals surface area contributed by atoms with Crippen LogP contribution in [0.25, 0.3) is 0 Å². The highest BCUT2D eigenvalue weighted by Gasteiger charge is 1.96. The van der Waals surface area contributed by atoms with Crippen LogP contribution in [0.5, 0.6) is 0 Å². The first kappa shape index (κ1) is 10.4. The molecule has 0 N–H and O–H groups in total. The zero-order valence-corrected chi connectivity index (χ0v) is 8.84. The molecular weight excluding hydrogens is 158 g/mol. The second-order valence-electron chi connectivity index (χ2n) is 3.60. The zero-order chi connectivity index (χ0) is 9.52. The van der Waals surface area contributed by atoms with Gasteiger partial charge >= 0.3 is 0 Å². The lowest BCUT2D eigenvalue weighted by molar-refractivity contribution is 0.629. The van der Waals surface area contributed by atoms with Crippen molar-refractivity contribution in [2.24, 2.45) is 0 Å². The Morgan fingerprint density at radius 3 is 2.69 bits per heavy atom. The summed E-state index contributed by atoms with van der Waals surface area (Å²) in [5.41, 5.74) is 1.37. The Balaban J connectivity index is 2.34. The van der Waals surface area contributed by atoms with Crippen molar-refractivity contribution in [1.82, 2.24) is 4.57 Å². The van der Waals surface area contributed by atoms with E-state index in [9.17, 15) is 0 Å². The van der Waals surface area contributed by atoms with Gasteiger partial charge in [0.1, 0.15) is 0 Å². The Bertz CT molecular complexity index is 202. The van der Waals surface area contributed by atoms with E-state index in [-0.39, 0.29) is 0 Å². The average Bonchev–Trinajstić information content (AvgIpc) is 2.59. The molecule has 1 aromatic rings. The second kappa shape index (κ2) is 5.85. The van der Waals surface area contributed by atoms with Crippen LogP contribution in [-0.2, 0) is 13.0 Å². The molecule has 0 amide bonds. The van der Waals surface area contributed by atoms with Crippen LogP contribution < -0.4 is 0 Å². The first-order chi connectivity index (χ1) is 6.36. The maximum atomic E-state index is 3.40. The highest BCUT2D eigenvalue weighted by molar-refractivity contribution is 5.08. The van der Waals surface area contributed by atoms with Gasteiger partial charge in [0.05, 0.1) is 6.20 Å². The van der Waals surface area contributed by atoms with E-state index in [1.54, 1.807) is 0 Å². The van der Waals surface area contributed by atoms with Crippen LogP contribution in [0.3, 0.4) is 0 Å². The van der Waals surface area contributed by atoms with Crippen LogP contribution >= 0.6 is 0 Å². The third-order valence-corrected chi connectivity index (χ3v) is 2.30. The maximum Gasteiger partial charge on any atom is 0.0683 e. The first-order valence-electron chi connectivity index (χ1n) is 5.44. The predicted octanol–water partition coefficient (Wildman–Crippen LogP) is 3.43. The van der Waals surface area contributed by atoms with E-state index in [1.807, 2.05) is 0 Å². The molecule has 0 fully saturated rings. The van der Waals surface area contributed by atoms with Crippen molar-refractivity contribution in [2.45, 2.75) is 52.5 Å². The van der Waals surface area contributed by atoms with Crippen molar-refractivity contribution in [3.8, 4) is 0 Å². The monoisotopic (exact) mass is 178 g/mol. The Kier molecular flexibility index (Phi) is 4.66. The molecule has 0 spiro atoms. The summed E-state index contributed by atoms with van der Waals surface area (Å²) < 4.78 is 2.19. The summed E-state index contributed by atoms with van der Waals surface area (Å²) in [5.74, 6) is 0. The summed E-state index contributed by atoms with van der Waals surface area (Å²) >= 11 is 0. The maximum absolute atomic E-state index is 3.40. The van der Waals surface area contributed by atoms with Crippen molar-refractivity contribution in [1.29, 1.82) is 0 Å². The van der Waals surface area contributed by atoms with Crippen LogP contribution in [0.15, 0.2) is 12.3 Å². The Labute approximate surface area is 81.8 Å². The number of hydrogen-bond acceptors (Lipinski definition) is 0. The highest BCUT2D eigenvalue weighted by Crippen LogP contribution is 2.06. The summed E-state index contributed by atoms with van der Waals surface area (Å²) in [4.78, 5) is 0. The molecule has 1 heterocycles. The fourth-order valence-electron chi connectivity index (χ4n) is 1.40. The van der Waals surface area contributed by atoms with Gasteiger partial charge in [0.25, 0.3) is 0 Å². The zero-order valence-electron chi connectivity index (χ0n) is 8.84. The molecule has 0 bridgehead atoms. The third-order valence-electron chi connectivity index (χ3n) is 2.30. The predicted molar refractivity (Wildman–Crippen MR) is 56.8 cm³/mol. The summed E-state index contributed by atoms with van der Waals surface area (Å²) in [6.07, 6.45) is 11.8. The van der Waals surface area contributed by atoms with E-state index in [0.29, 0.717) is 0 Å². The highest BCUT2D eigenvalue weighted by atomic mass is 14.9. The fourth-order valence-corrected chi connectivity index (χ4v) is 1.40. The molecule has 1 rings (SSSR count). The molecule has 1 nitrogen and oxygen atoms in total. The lowest BCUT2D eigenvalue weighted by Gasteiger charge is -1.98. The van der Waals surface area contributed by atoms with Crippen LogP contribution in [0, 0.1) is 6.20 Å². The van der Waals surface area contributed by atoms with Crippen LogP contribution in [0.2, 0.25) is 0 Å². The van der Waals surface area contributed by atoms with Gasteiger partial charge < -0.3 is 4.57 Å². The van der Waals surface area contributed by atoms with Crippen molar-refractivity contribution < 1.29 is 0 Å². The van der Waals surface area contributed by atoms with Gasteiger partial charge in [0.2, 0.25) is 0 Å². The van der Waals surface area contributed by atoms with Crippen molar-refractivity contribution in [2.75, 3.05) is 0 Å². The van der Waals surface area contributed by atoms with Gasteiger partial charge in [-0.05, 0) is 30.9 Å². The summed E-state index contributed by atoms with van der Waals surface area (Å²) in [6, 6.07) is 2.20. The molecule has 1 aromatic heterocycles. The Morgan fingerprint density at radius 2 is 2.00 bits per heavy atom. The molecule has 0 atom stereocenters. The standard InChI is InChI=1S/C12H20N/c1-3-5-7-12-8-10-13(11-12)9-6-4-2/h8,10H,3-7,9H2,1-2H3. The average molecular weight is 178 g/mol. The fraction of sp³-hybridized carbons (Fsp3) is 0.667. The number of nitrogens with zero attached hydrogens (tertiary/aromatic N) is 1. The van der Waals surface area contributed by atoms with E-state index < -0.39 is 0 Å². The second-order valence-corrected chi connectivity index (χ2v) is 3.60. The van der Waals surface area contributed by atoms with Crippen molar-refractivity contribution in [3.63, 3.8) is 0 Å². The minimum Gasteiger partial charge on any atom is -0.346 e. The number of aromatic nitrogens is 1. The summed E-state index contributed by atoms with van der Waals surface area (Å²) in [7, 11) is 0. The van der Waals surface area contributed by atoms with E-state index >= 15 is 0 Å². The summed E-state index contributed by atoms with van der Waals surface area (Å²) in [6.45, 7) is 5.58.